The van der Waals surface area contributed by atoms with Crippen molar-refractivity contribution in [2.45, 2.75) is 32.8 Å². The Hall–Kier alpha value is -2.05. The third kappa shape index (κ3) is 5.01. The molecular formula is C10H14N2O5. The number of hydrogen-bond donors (Lipinski definition) is 2. The van der Waals surface area contributed by atoms with Gasteiger partial charge in [-0.3, -0.25) is 10.1 Å². The Balaban J connectivity index is 2.55. The predicted molar refractivity (Wildman–Crippen MR) is 57.7 cm³/mol. The van der Waals surface area contributed by atoms with Crippen molar-refractivity contribution in [3.8, 4) is 0 Å². The van der Waals surface area contributed by atoms with Gasteiger partial charge in [-0.2, -0.15) is 0 Å². The van der Waals surface area contributed by atoms with E-state index in [1.807, 2.05) is 0 Å². The van der Waals surface area contributed by atoms with Crippen LogP contribution in [0.4, 0.5) is 10.6 Å². The monoisotopic (exact) mass is 242 g/mol. The Labute approximate surface area is 97.7 Å². The number of nitrogens with one attached hydrogen (secondary N) is 1. The van der Waals surface area contributed by atoms with Crippen LogP contribution in [0.3, 0.4) is 0 Å². The second kappa shape index (κ2) is 4.86. The van der Waals surface area contributed by atoms with E-state index in [1.54, 1.807) is 20.8 Å². The molecule has 1 aromatic heterocycles. The van der Waals surface area contributed by atoms with Crippen molar-refractivity contribution in [3.05, 3.63) is 11.8 Å². The molecule has 0 atom stereocenters. The summed E-state index contributed by atoms with van der Waals surface area (Å²) in [5, 5.41) is 14.3. The number of ether oxygens (including phenoxy) is 1. The SMILES string of the molecule is CC(C)(C)OC(=O)Nc1cc(CC(=O)O)on1. The highest BCUT2D eigenvalue weighted by Gasteiger charge is 2.17. The molecule has 94 valence electrons. The van der Waals surface area contributed by atoms with Gasteiger partial charge < -0.3 is 14.4 Å². The van der Waals surface area contributed by atoms with Crippen molar-refractivity contribution in [1.29, 1.82) is 0 Å². The molecule has 1 heterocycles. The zero-order chi connectivity index (χ0) is 13.1. The van der Waals surface area contributed by atoms with E-state index in [9.17, 15) is 9.59 Å². The van der Waals surface area contributed by atoms with Gasteiger partial charge in [-0.25, -0.2) is 4.79 Å². The van der Waals surface area contributed by atoms with Crippen molar-refractivity contribution in [2.24, 2.45) is 0 Å². The lowest BCUT2D eigenvalue weighted by molar-refractivity contribution is -0.136. The molecule has 0 spiro atoms. The number of rotatable bonds is 3. The summed E-state index contributed by atoms with van der Waals surface area (Å²) in [5.74, 6) is -0.760. The first-order valence-corrected chi connectivity index (χ1v) is 4.93. The number of carbonyl (C=O) groups excluding carboxylic acids is 1. The molecule has 1 rings (SSSR count). The molecule has 7 nitrogen and oxygen atoms in total. The van der Waals surface area contributed by atoms with Crippen molar-refractivity contribution in [2.75, 3.05) is 5.32 Å². The van der Waals surface area contributed by atoms with E-state index in [0.29, 0.717) is 0 Å². The molecule has 7 heteroatoms. The quantitative estimate of drug-likeness (QED) is 0.835. The number of nitrogens with zero attached hydrogens (tertiary/aromatic N) is 1. The highest BCUT2D eigenvalue weighted by molar-refractivity contribution is 5.83. The first kappa shape index (κ1) is 13.0. The Morgan fingerprint density at radius 3 is 2.71 bits per heavy atom. The summed E-state index contributed by atoms with van der Waals surface area (Å²) in [5.41, 5.74) is -0.613. The average molecular weight is 242 g/mol. The van der Waals surface area contributed by atoms with Gasteiger partial charge >= 0.3 is 12.1 Å². The van der Waals surface area contributed by atoms with Crippen LogP contribution in [-0.4, -0.2) is 27.9 Å². The maximum Gasteiger partial charge on any atom is 0.413 e. The van der Waals surface area contributed by atoms with Gasteiger partial charge in [0.1, 0.15) is 17.8 Å². The van der Waals surface area contributed by atoms with E-state index in [2.05, 4.69) is 10.5 Å². The van der Waals surface area contributed by atoms with E-state index in [4.69, 9.17) is 14.4 Å². The maximum atomic E-state index is 11.3. The number of aromatic nitrogens is 1. The van der Waals surface area contributed by atoms with Crippen molar-refractivity contribution in [3.63, 3.8) is 0 Å². The van der Waals surface area contributed by atoms with Crippen molar-refractivity contribution < 1.29 is 24.0 Å². The molecule has 0 aliphatic carbocycles. The number of hydrogen-bond acceptors (Lipinski definition) is 5. The second-order valence-corrected chi connectivity index (χ2v) is 4.38. The molecule has 0 aromatic carbocycles. The average Bonchev–Trinajstić information content (AvgIpc) is 2.46. The molecule has 1 amide bonds. The molecule has 0 unspecified atom stereocenters. The van der Waals surface area contributed by atoms with Crippen molar-refractivity contribution >= 4 is 17.9 Å². The lowest BCUT2D eigenvalue weighted by Crippen LogP contribution is -2.27. The molecular weight excluding hydrogens is 228 g/mol. The topological polar surface area (TPSA) is 102 Å². The van der Waals surface area contributed by atoms with E-state index in [-0.39, 0.29) is 18.0 Å². The summed E-state index contributed by atoms with van der Waals surface area (Å²) >= 11 is 0. The number of amides is 1. The van der Waals surface area contributed by atoms with Crippen LogP contribution in [-0.2, 0) is 16.0 Å². The maximum absolute atomic E-state index is 11.3. The third-order valence-corrected chi connectivity index (χ3v) is 1.51. The molecule has 0 saturated carbocycles. The highest BCUT2D eigenvalue weighted by atomic mass is 16.6. The zero-order valence-electron chi connectivity index (χ0n) is 9.81. The molecule has 0 radical (unpaired) electrons. The molecule has 0 fully saturated rings. The normalized spacial score (nSPS) is 11.0. The highest BCUT2D eigenvalue weighted by Crippen LogP contribution is 2.12. The minimum Gasteiger partial charge on any atom is -0.481 e. The molecule has 0 saturated heterocycles. The van der Waals surface area contributed by atoms with Crippen LogP contribution in [0.1, 0.15) is 26.5 Å². The molecule has 0 bridgehead atoms. The summed E-state index contributed by atoms with van der Waals surface area (Å²) in [7, 11) is 0. The summed E-state index contributed by atoms with van der Waals surface area (Å²) in [6, 6.07) is 1.33. The zero-order valence-corrected chi connectivity index (χ0v) is 9.81. The van der Waals surface area contributed by atoms with Gasteiger partial charge in [0.2, 0.25) is 0 Å². The standard InChI is InChI=1S/C10H14N2O5/c1-10(2,3)16-9(15)11-7-4-6(17-12-7)5-8(13)14/h4H,5H2,1-3H3,(H,13,14)(H,11,12,15). The summed E-state index contributed by atoms with van der Waals surface area (Å²) in [6.45, 7) is 5.18. The van der Waals surface area contributed by atoms with Crippen LogP contribution < -0.4 is 5.32 Å². The number of carboxylic acids is 1. The Morgan fingerprint density at radius 2 is 2.18 bits per heavy atom. The second-order valence-electron chi connectivity index (χ2n) is 4.38. The van der Waals surface area contributed by atoms with E-state index in [0.717, 1.165) is 0 Å². The van der Waals surface area contributed by atoms with E-state index in [1.165, 1.54) is 6.07 Å². The Kier molecular flexibility index (Phi) is 3.72. The van der Waals surface area contributed by atoms with Gasteiger partial charge in [-0.1, -0.05) is 5.16 Å². The Bertz CT molecular complexity index is 419. The fourth-order valence-corrected chi connectivity index (χ4v) is 1.01. The van der Waals surface area contributed by atoms with Gasteiger partial charge in [-0.15, -0.1) is 0 Å². The number of carboxylic acid groups (broad SMARTS) is 1. The summed E-state index contributed by atoms with van der Waals surface area (Å²) in [6.07, 6.45) is -0.962. The van der Waals surface area contributed by atoms with Crippen LogP contribution in [0.5, 0.6) is 0 Å². The largest absolute Gasteiger partial charge is 0.481 e. The van der Waals surface area contributed by atoms with E-state index < -0.39 is 17.7 Å². The fraction of sp³-hybridized carbons (Fsp3) is 0.500. The molecule has 1 aromatic rings. The third-order valence-electron chi connectivity index (χ3n) is 1.51. The number of carbonyl (C=O) groups is 2. The lowest BCUT2D eigenvalue weighted by Gasteiger charge is -2.18. The van der Waals surface area contributed by atoms with E-state index >= 15 is 0 Å². The first-order valence-electron chi connectivity index (χ1n) is 4.93. The smallest absolute Gasteiger partial charge is 0.413 e. The molecule has 2 N–H and O–H groups in total. The van der Waals surface area contributed by atoms with Gasteiger partial charge in [0.15, 0.2) is 5.82 Å². The summed E-state index contributed by atoms with van der Waals surface area (Å²) in [4.78, 5) is 21.7. The predicted octanol–water partition coefficient (Wildman–Crippen LogP) is 1.65. The molecule has 0 aliphatic heterocycles. The fourth-order valence-electron chi connectivity index (χ4n) is 1.01. The van der Waals surface area contributed by atoms with Crippen LogP contribution >= 0.6 is 0 Å². The van der Waals surface area contributed by atoms with Crippen LogP contribution in [0.2, 0.25) is 0 Å². The lowest BCUT2D eigenvalue weighted by atomic mass is 10.2. The summed E-state index contributed by atoms with van der Waals surface area (Å²) < 4.78 is 9.69. The minimum absolute atomic E-state index is 0.121. The number of aliphatic carboxylic acids is 1. The molecule has 0 aliphatic rings. The van der Waals surface area contributed by atoms with Crippen molar-refractivity contribution in [1.82, 2.24) is 5.16 Å². The molecule has 17 heavy (non-hydrogen) atoms. The van der Waals surface area contributed by atoms with Gasteiger partial charge in [0.05, 0.1) is 0 Å². The van der Waals surface area contributed by atoms with Gasteiger partial charge in [0, 0.05) is 6.07 Å². The van der Waals surface area contributed by atoms with Gasteiger partial charge in [-0.05, 0) is 20.8 Å². The minimum atomic E-state index is -1.04. The van der Waals surface area contributed by atoms with Crippen LogP contribution in [0.15, 0.2) is 10.6 Å². The Morgan fingerprint density at radius 1 is 1.53 bits per heavy atom. The van der Waals surface area contributed by atoms with Gasteiger partial charge in [0.25, 0.3) is 0 Å². The first-order chi connectivity index (χ1) is 7.76. The number of anilines is 1. The van der Waals surface area contributed by atoms with Crippen LogP contribution in [0, 0.1) is 0 Å². The van der Waals surface area contributed by atoms with Crippen LogP contribution in [0.25, 0.3) is 0 Å².